The lowest BCUT2D eigenvalue weighted by Gasteiger charge is -2.09. The van der Waals surface area contributed by atoms with Crippen LogP contribution in [-0.4, -0.2) is 17.1 Å². The van der Waals surface area contributed by atoms with Crippen molar-refractivity contribution in [3.05, 3.63) is 58.1 Å². The van der Waals surface area contributed by atoms with Crippen molar-refractivity contribution < 1.29 is 14.7 Å². The molecule has 0 aliphatic carbocycles. The minimum absolute atomic E-state index is 0.162. The Morgan fingerprint density at radius 3 is 2.33 bits per heavy atom. The number of aryl methyl sites for hydroxylation is 1. The first-order valence-corrected chi connectivity index (χ1v) is 6.92. The number of aromatic carboxylic acids is 1. The summed E-state index contributed by atoms with van der Waals surface area (Å²) in [6.07, 6.45) is 0. The van der Waals surface area contributed by atoms with E-state index in [9.17, 15) is 9.59 Å². The van der Waals surface area contributed by atoms with Crippen molar-refractivity contribution in [2.75, 3.05) is 10.6 Å². The van der Waals surface area contributed by atoms with Crippen molar-refractivity contribution in [2.24, 2.45) is 0 Å². The summed E-state index contributed by atoms with van der Waals surface area (Å²) in [5, 5.41) is 14.3. The van der Waals surface area contributed by atoms with Crippen molar-refractivity contribution in [1.29, 1.82) is 0 Å². The fourth-order valence-corrected chi connectivity index (χ4v) is 2.19. The number of carboxylic acid groups (broad SMARTS) is 1. The van der Waals surface area contributed by atoms with Gasteiger partial charge in [-0.05, 0) is 42.8 Å². The number of carboxylic acids is 1. The highest BCUT2D eigenvalue weighted by atomic mass is 79.9. The third kappa shape index (κ3) is 4.06. The van der Waals surface area contributed by atoms with E-state index in [-0.39, 0.29) is 5.56 Å². The van der Waals surface area contributed by atoms with E-state index in [1.165, 1.54) is 6.07 Å². The second kappa shape index (κ2) is 6.41. The van der Waals surface area contributed by atoms with Crippen LogP contribution in [0.4, 0.5) is 16.2 Å². The number of benzene rings is 2. The predicted octanol–water partition coefficient (Wildman–Crippen LogP) is 4.10. The van der Waals surface area contributed by atoms with Gasteiger partial charge in [0.25, 0.3) is 0 Å². The van der Waals surface area contributed by atoms with E-state index in [4.69, 9.17) is 5.11 Å². The molecular weight excluding hydrogens is 336 g/mol. The van der Waals surface area contributed by atoms with Crippen molar-refractivity contribution in [2.45, 2.75) is 6.92 Å². The highest BCUT2D eigenvalue weighted by molar-refractivity contribution is 9.10. The summed E-state index contributed by atoms with van der Waals surface area (Å²) >= 11 is 3.32. The second-order valence-corrected chi connectivity index (χ2v) is 5.34. The van der Waals surface area contributed by atoms with Gasteiger partial charge >= 0.3 is 12.0 Å². The van der Waals surface area contributed by atoms with Gasteiger partial charge < -0.3 is 15.7 Å². The summed E-state index contributed by atoms with van der Waals surface area (Å²) in [6.45, 7) is 1.70. The highest BCUT2D eigenvalue weighted by Crippen LogP contribution is 2.18. The fourth-order valence-electron chi connectivity index (χ4n) is 1.79. The van der Waals surface area contributed by atoms with E-state index in [0.717, 1.165) is 4.47 Å². The Kier molecular flexibility index (Phi) is 4.59. The molecular formula is C15H13BrN2O3. The number of urea groups is 1. The van der Waals surface area contributed by atoms with Crippen LogP contribution in [0.15, 0.2) is 46.9 Å². The van der Waals surface area contributed by atoms with E-state index in [2.05, 4.69) is 26.6 Å². The summed E-state index contributed by atoms with van der Waals surface area (Å²) in [4.78, 5) is 22.9. The maximum absolute atomic E-state index is 11.9. The Morgan fingerprint density at radius 1 is 1.05 bits per heavy atom. The van der Waals surface area contributed by atoms with E-state index < -0.39 is 12.0 Å². The Morgan fingerprint density at radius 2 is 1.71 bits per heavy atom. The molecule has 0 aromatic heterocycles. The molecule has 2 aromatic rings. The molecule has 0 fully saturated rings. The average molecular weight is 349 g/mol. The number of hydrogen-bond acceptors (Lipinski definition) is 2. The maximum Gasteiger partial charge on any atom is 0.336 e. The summed E-state index contributed by atoms with van der Waals surface area (Å²) in [6, 6.07) is 11.5. The lowest BCUT2D eigenvalue weighted by Crippen LogP contribution is -2.19. The third-order valence-corrected chi connectivity index (χ3v) is 3.30. The van der Waals surface area contributed by atoms with Gasteiger partial charge in [-0.1, -0.05) is 28.1 Å². The highest BCUT2D eigenvalue weighted by Gasteiger charge is 2.09. The normalized spacial score (nSPS) is 10.0. The molecule has 6 heteroatoms. The zero-order valence-corrected chi connectivity index (χ0v) is 12.8. The van der Waals surface area contributed by atoms with Crippen molar-refractivity contribution >= 4 is 39.3 Å². The number of anilines is 2. The molecule has 2 amide bonds. The number of rotatable bonds is 3. The first-order chi connectivity index (χ1) is 9.95. The maximum atomic E-state index is 11.9. The van der Waals surface area contributed by atoms with Gasteiger partial charge in [0.05, 0.1) is 5.56 Å². The van der Waals surface area contributed by atoms with Gasteiger partial charge in [-0.3, -0.25) is 0 Å². The molecule has 0 spiro atoms. The minimum atomic E-state index is -1.02. The van der Waals surface area contributed by atoms with Crippen LogP contribution < -0.4 is 10.6 Å². The summed E-state index contributed by atoms with van der Waals surface area (Å²) in [7, 11) is 0. The quantitative estimate of drug-likeness (QED) is 0.781. The molecule has 0 heterocycles. The van der Waals surface area contributed by atoms with Gasteiger partial charge in [0.2, 0.25) is 0 Å². The summed E-state index contributed by atoms with van der Waals surface area (Å²) < 4.78 is 0.851. The number of carbonyl (C=O) groups excluding carboxylic acids is 1. The van der Waals surface area contributed by atoms with Crippen LogP contribution in [0.5, 0.6) is 0 Å². The van der Waals surface area contributed by atoms with Crippen LogP contribution in [0.25, 0.3) is 0 Å². The third-order valence-electron chi connectivity index (χ3n) is 2.81. The molecule has 0 aliphatic rings. The predicted molar refractivity (Wildman–Crippen MR) is 84.9 cm³/mol. The van der Waals surface area contributed by atoms with Crippen LogP contribution in [-0.2, 0) is 0 Å². The molecule has 21 heavy (non-hydrogen) atoms. The summed E-state index contributed by atoms with van der Waals surface area (Å²) in [5.74, 6) is -1.02. The molecule has 2 rings (SSSR count). The Labute approximate surface area is 130 Å². The molecule has 0 saturated carbocycles. The van der Waals surface area contributed by atoms with E-state index in [0.29, 0.717) is 16.9 Å². The van der Waals surface area contributed by atoms with Crippen molar-refractivity contribution in [3.63, 3.8) is 0 Å². The second-order valence-electron chi connectivity index (χ2n) is 4.42. The molecule has 3 N–H and O–H groups in total. The van der Waals surface area contributed by atoms with Gasteiger partial charge in [0.15, 0.2) is 0 Å². The number of carbonyl (C=O) groups is 2. The number of hydrogen-bond donors (Lipinski definition) is 3. The lowest BCUT2D eigenvalue weighted by atomic mass is 10.1. The van der Waals surface area contributed by atoms with Gasteiger partial charge in [-0.2, -0.15) is 0 Å². The molecule has 0 aliphatic heterocycles. The zero-order chi connectivity index (χ0) is 15.4. The summed E-state index contributed by atoms with van der Waals surface area (Å²) in [5.41, 5.74) is 1.86. The molecule has 0 bridgehead atoms. The standard InChI is InChI=1S/C15H13BrN2O3/c1-9-5-6-12(8-13(9)14(19)20)18-15(21)17-11-4-2-3-10(16)7-11/h2-8H,1H3,(H,19,20)(H2,17,18,21). The molecule has 0 unspecified atom stereocenters. The van der Waals surface area contributed by atoms with Gasteiger partial charge in [-0.25, -0.2) is 9.59 Å². The van der Waals surface area contributed by atoms with E-state index >= 15 is 0 Å². The largest absolute Gasteiger partial charge is 0.478 e. The SMILES string of the molecule is Cc1ccc(NC(=O)Nc2cccc(Br)c2)cc1C(=O)O. The van der Waals surface area contributed by atoms with Crippen LogP contribution in [0, 0.1) is 6.92 Å². The molecule has 0 atom stereocenters. The minimum Gasteiger partial charge on any atom is -0.478 e. The zero-order valence-electron chi connectivity index (χ0n) is 11.2. The Hall–Kier alpha value is -2.34. The number of amides is 2. The average Bonchev–Trinajstić information content (AvgIpc) is 2.40. The Balaban J connectivity index is 2.09. The van der Waals surface area contributed by atoms with E-state index in [1.807, 2.05) is 6.07 Å². The lowest BCUT2D eigenvalue weighted by molar-refractivity contribution is 0.0696. The number of halogens is 1. The molecule has 0 radical (unpaired) electrons. The molecule has 2 aromatic carbocycles. The van der Waals surface area contributed by atoms with Crippen molar-refractivity contribution in [1.82, 2.24) is 0 Å². The Bertz CT molecular complexity index is 701. The van der Waals surface area contributed by atoms with Gasteiger partial charge in [-0.15, -0.1) is 0 Å². The molecule has 5 nitrogen and oxygen atoms in total. The first kappa shape index (κ1) is 15.1. The smallest absolute Gasteiger partial charge is 0.336 e. The van der Waals surface area contributed by atoms with E-state index in [1.54, 1.807) is 37.3 Å². The number of nitrogens with one attached hydrogen (secondary N) is 2. The van der Waals surface area contributed by atoms with Crippen LogP contribution >= 0.6 is 15.9 Å². The first-order valence-electron chi connectivity index (χ1n) is 6.13. The van der Waals surface area contributed by atoms with Gasteiger partial charge in [0, 0.05) is 15.8 Å². The van der Waals surface area contributed by atoms with Crippen LogP contribution in [0.1, 0.15) is 15.9 Å². The topological polar surface area (TPSA) is 78.4 Å². The molecule has 108 valence electrons. The molecule has 0 saturated heterocycles. The van der Waals surface area contributed by atoms with Crippen molar-refractivity contribution in [3.8, 4) is 0 Å². The van der Waals surface area contributed by atoms with Crippen LogP contribution in [0.2, 0.25) is 0 Å². The fraction of sp³-hybridized carbons (Fsp3) is 0.0667. The monoisotopic (exact) mass is 348 g/mol. The van der Waals surface area contributed by atoms with Crippen LogP contribution in [0.3, 0.4) is 0 Å². The van der Waals surface area contributed by atoms with Gasteiger partial charge in [0.1, 0.15) is 0 Å².